The maximum atomic E-state index is 13.2. The van der Waals surface area contributed by atoms with E-state index in [0.717, 1.165) is 48.2 Å². The fourth-order valence-corrected chi connectivity index (χ4v) is 4.51. The van der Waals surface area contributed by atoms with E-state index in [1.54, 1.807) is 0 Å². The van der Waals surface area contributed by atoms with Crippen molar-refractivity contribution in [3.63, 3.8) is 0 Å². The standard InChI is InChI=1S/C24H29N3O/c1-16-12-17(2)22-21(13-16)18(3)23(25-22)24(28)26(4)14-19-10-11-27(15-19)20-8-6-5-7-9-20/h5-9,12-13,19,25H,10-11,14-15H2,1-4H3/t19-/m1/s1. The van der Waals surface area contributed by atoms with Crippen molar-refractivity contribution in [2.45, 2.75) is 27.2 Å². The molecule has 1 N–H and O–H groups in total. The highest BCUT2D eigenvalue weighted by molar-refractivity contribution is 6.01. The van der Waals surface area contributed by atoms with Gasteiger partial charge in [0.25, 0.3) is 5.91 Å². The Morgan fingerprint density at radius 1 is 1.18 bits per heavy atom. The quantitative estimate of drug-likeness (QED) is 0.718. The van der Waals surface area contributed by atoms with Gasteiger partial charge in [-0.2, -0.15) is 0 Å². The van der Waals surface area contributed by atoms with Crippen LogP contribution in [0.3, 0.4) is 0 Å². The smallest absolute Gasteiger partial charge is 0.270 e. The van der Waals surface area contributed by atoms with E-state index in [9.17, 15) is 4.79 Å². The lowest BCUT2D eigenvalue weighted by molar-refractivity contribution is 0.0771. The van der Waals surface area contributed by atoms with Gasteiger partial charge >= 0.3 is 0 Å². The molecular weight excluding hydrogens is 346 g/mol. The highest BCUT2D eigenvalue weighted by atomic mass is 16.2. The summed E-state index contributed by atoms with van der Waals surface area (Å²) in [6.45, 7) is 9.09. The van der Waals surface area contributed by atoms with Gasteiger partial charge in [0.1, 0.15) is 5.69 Å². The molecule has 1 aliphatic rings. The predicted molar refractivity (Wildman–Crippen MR) is 116 cm³/mol. The molecule has 0 radical (unpaired) electrons. The summed E-state index contributed by atoms with van der Waals surface area (Å²) in [6.07, 6.45) is 1.12. The molecular formula is C24H29N3O. The molecule has 3 aromatic rings. The average molecular weight is 376 g/mol. The third kappa shape index (κ3) is 3.39. The summed E-state index contributed by atoms with van der Waals surface area (Å²) < 4.78 is 0. The molecule has 0 unspecified atom stereocenters. The van der Waals surface area contributed by atoms with Crippen LogP contribution >= 0.6 is 0 Å². The minimum atomic E-state index is 0.0870. The number of benzene rings is 2. The lowest BCUT2D eigenvalue weighted by Crippen LogP contribution is -2.33. The monoisotopic (exact) mass is 375 g/mol. The predicted octanol–water partition coefficient (Wildman–Crippen LogP) is 4.69. The summed E-state index contributed by atoms with van der Waals surface area (Å²) in [5.41, 5.74) is 6.55. The molecule has 1 saturated heterocycles. The van der Waals surface area contributed by atoms with Gasteiger partial charge < -0.3 is 14.8 Å². The van der Waals surface area contributed by atoms with E-state index in [2.05, 4.69) is 66.2 Å². The van der Waals surface area contributed by atoms with E-state index in [1.165, 1.54) is 16.8 Å². The van der Waals surface area contributed by atoms with Crippen molar-refractivity contribution in [3.8, 4) is 0 Å². The van der Waals surface area contributed by atoms with Gasteiger partial charge in [-0.15, -0.1) is 0 Å². The lowest BCUT2D eigenvalue weighted by Gasteiger charge is -2.22. The molecule has 0 bridgehead atoms. The van der Waals surface area contributed by atoms with Crippen LogP contribution in [-0.4, -0.2) is 42.5 Å². The van der Waals surface area contributed by atoms with E-state index in [1.807, 2.05) is 18.9 Å². The van der Waals surface area contributed by atoms with Crippen LogP contribution in [0.4, 0.5) is 5.69 Å². The summed E-state index contributed by atoms with van der Waals surface area (Å²) in [5, 5.41) is 1.16. The highest BCUT2D eigenvalue weighted by Gasteiger charge is 2.27. The van der Waals surface area contributed by atoms with Gasteiger partial charge in [0.2, 0.25) is 0 Å². The van der Waals surface area contributed by atoms with Gasteiger partial charge in [0.05, 0.1) is 0 Å². The minimum Gasteiger partial charge on any atom is -0.371 e. The number of nitrogens with one attached hydrogen (secondary N) is 1. The number of rotatable bonds is 4. The average Bonchev–Trinajstić information content (AvgIpc) is 3.27. The van der Waals surface area contributed by atoms with Crippen molar-refractivity contribution in [3.05, 3.63) is 64.8 Å². The second-order valence-electron chi connectivity index (χ2n) is 8.25. The third-order valence-electron chi connectivity index (χ3n) is 6.01. The van der Waals surface area contributed by atoms with Crippen molar-refractivity contribution in [2.24, 2.45) is 5.92 Å². The Hall–Kier alpha value is -2.75. The van der Waals surface area contributed by atoms with Crippen LogP contribution in [0.15, 0.2) is 42.5 Å². The molecule has 1 amide bonds. The fraction of sp³-hybridized carbons (Fsp3) is 0.375. The second kappa shape index (κ2) is 7.34. The molecule has 0 saturated carbocycles. The molecule has 4 nitrogen and oxygen atoms in total. The zero-order valence-corrected chi connectivity index (χ0v) is 17.2. The molecule has 28 heavy (non-hydrogen) atoms. The van der Waals surface area contributed by atoms with E-state index in [-0.39, 0.29) is 5.91 Å². The Morgan fingerprint density at radius 3 is 2.68 bits per heavy atom. The molecule has 1 fully saturated rings. The van der Waals surface area contributed by atoms with Gasteiger partial charge in [0, 0.05) is 43.3 Å². The number of hydrogen-bond acceptors (Lipinski definition) is 2. The van der Waals surface area contributed by atoms with E-state index in [4.69, 9.17) is 0 Å². The van der Waals surface area contributed by atoms with Gasteiger partial charge in [0.15, 0.2) is 0 Å². The summed E-state index contributed by atoms with van der Waals surface area (Å²) in [5.74, 6) is 0.590. The molecule has 1 aliphatic heterocycles. The minimum absolute atomic E-state index is 0.0870. The molecule has 1 atom stereocenters. The van der Waals surface area contributed by atoms with Crippen molar-refractivity contribution >= 4 is 22.5 Å². The fourth-order valence-electron chi connectivity index (χ4n) is 4.51. The number of aromatic nitrogens is 1. The zero-order chi connectivity index (χ0) is 19.8. The first kappa shape index (κ1) is 18.6. The number of carbonyl (C=O) groups excluding carboxylic acids is 1. The van der Waals surface area contributed by atoms with E-state index < -0.39 is 0 Å². The number of nitrogens with zero attached hydrogens (tertiary/aromatic N) is 2. The van der Waals surface area contributed by atoms with Crippen molar-refractivity contribution in [2.75, 3.05) is 31.6 Å². The summed E-state index contributed by atoms with van der Waals surface area (Å²) in [6, 6.07) is 14.9. The Balaban J connectivity index is 1.48. The normalized spacial score (nSPS) is 16.7. The van der Waals surface area contributed by atoms with Gasteiger partial charge in [-0.1, -0.05) is 29.8 Å². The molecule has 4 heteroatoms. The number of carbonyl (C=O) groups is 1. The number of aromatic amines is 1. The summed E-state index contributed by atoms with van der Waals surface area (Å²) in [4.78, 5) is 20.9. The van der Waals surface area contributed by atoms with Crippen LogP contribution in [-0.2, 0) is 0 Å². The molecule has 4 rings (SSSR count). The lowest BCUT2D eigenvalue weighted by atomic mass is 10.1. The number of H-pyrrole nitrogens is 1. The molecule has 0 aliphatic carbocycles. The number of para-hydroxylation sites is 1. The molecule has 2 heterocycles. The SMILES string of the molecule is Cc1cc(C)c2[nH]c(C(=O)N(C)C[C@H]3CCN(c4ccccc4)C3)c(C)c2c1. The van der Waals surface area contributed by atoms with Crippen LogP contribution in [0, 0.1) is 26.7 Å². The topological polar surface area (TPSA) is 39.3 Å². The Kier molecular flexibility index (Phi) is 4.88. The summed E-state index contributed by atoms with van der Waals surface area (Å²) in [7, 11) is 1.93. The maximum absolute atomic E-state index is 13.2. The van der Waals surface area contributed by atoms with E-state index >= 15 is 0 Å². The Morgan fingerprint density at radius 2 is 1.93 bits per heavy atom. The number of anilines is 1. The third-order valence-corrected chi connectivity index (χ3v) is 6.01. The van der Waals surface area contributed by atoms with E-state index in [0.29, 0.717) is 5.92 Å². The van der Waals surface area contributed by atoms with Crippen LogP contribution in [0.2, 0.25) is 0 Å². The van der Waals surface area contributed by atoms with Crippen molar-refractivity contribution in [1.29, 1.82) is 0 Å². The Bertz CT molecular complexity index is 1010. The summed E-state index contributed by atoms with van der Waals surface area (Å²) >= 11 is 0. The Labute approximate surface area is 167 Å². The van der Waals surface area contributed by atoms with Crippen LogP contribution in [0.5, 0.6) is 0 Å². The highest BCUT2D eigenvalue weighted by Crippen LogP contribution is 2.28. The number of fused-ring (bicyclic) bond motifs is 1. The van der Waals surface area contributed by atoms with Crippen molar-refractivity contribution in [1.82, 2.24) is 9.88 Å². The second-order valence-corrected chi connectivity index (χ2v) is 8.25. The number of hydrogen-bond donors (Lipinski definition) is 1. The molecule has 2 aromatic carbocycles. The maximum Gasteiger partial charge on any atom is 0.270 e. The first-order valence-corrected chi connectivity index (χ1v) is 10.1. The van der Waals surface area contributed by atoms with Gasteiger partial charge in [-0.05, 0) is 62.4 Å². The molecule has 0 spiro atoms. The molecule has 146 valence electrons. The van der Waals surface area contributed by atoms with Gasteiger partial charge in [-0.3, -0.25) is 4.79 Å². The van der Waals surface area contributed by atoms with Crippen LogP contribution in [0.1, 0.15) is 33.6 Å². The van der Waals surface area contributed by atoms with Crippen LogP contribution in [0.25, 0.3) is 10.9 Å². The van der Waals surface area contributed by atoms with Gasteiger partial charge in [-0.25, -0.2) is 0 Å². The first-order chi connectivity index (χ1) is 13.4. The van der Waals surface area contributed by atoms with Crippen LogP contribution < -0.4 is 4.90 Å². The van der Waals surface area contributed by atoms with Crippen molar-refractivity contribution < 1.29 is 4.79 Å². The number of amides is 1. The molecule has 1 aromatic heterocycles. The zero-order valence-electron chi connectivity index (χ0n) is 17.2. The first-order valence-electron chi connectivity index (χ1n) is 10.1. The number of aryl methyl sites for hydroxylation is 3. The largest absolute Gasteiger partial charge is 0.371 e.